The second kappa shape index (κ2) is 5.83. The lowest BCUT2D eigenvalue weighted by Gasteiger charge is -2.04. The van der Waals surface area contributed by atoms with Gasteiger partial charge >= 0.3 is 6.09 Å². The lowest BCUT2D eigenvalue weighted by molar-refractivity contribution is -0.384. The summed E-state index contributed by atoms with van der Waals surface area (Å²) >= 11 is 0. The van der Waals surface area contributed by atoms with E-state index in [1.165, 1.54) is 12.1 Å². The van der Waals surface area contributed by atoms with E-state index in [0.29, 0.717) is 0 Å². The fraction of sp³-hybridized carbons (Fsp3) is 0.0714. The molecule has 6 nitrogen and oxygen atoms in total. The van der Waals surface area contributed by atoms with Gasteiger partial charge in [0.2, 0.25) is 0 Å². The second-order valence-corrected chi connectivity index (χ2v) is 4.11. The van der Waals surface area contributed by atoms with E-state index >= 15 is 0 Å². The molecule has 2 rings (SSSR count). The zero-order valence-electron chi connectivity index (χ0n) is 10.5. The van der Waals surface area contributed by atoms with Crippen molar-refractivity contribution < 1.29 is 14.5 Å². The van der Waals surface area contributed by atoms with Crippen molar-refractivity contribution in [1.29, 1.82) is 0 Å². The number of carbonyl (C=O) groups is 1. The third-order valence-electron chi connectivity index (χ3n) is 2.75. The van der Waals surface area contributed by atoms with Crippen LogP contribution >= 0.6 is 0 Å². The summed E-state index contributed by atoms with van der Waals surface area (Å²) in [4.78, 5) is 20.6. The number of non-ortho nitro benzene ring substituents is 1. The van der Waals surface area contributed by atoms with Crippen LogP contribution in [0.4, 0.5) is 10.5 Å². The molecule has 0 fully saturated rings. The van der Waals surface area contributed by atoms with Crippen LogP contribution < -0.4 is 5.73 Å². The van der Waals surface area contributed by atoms with Crippen LogP contribution in [0.3, 0.4) is 0 Å². The number of rotatable bonds is 4. The number of nitrogens with zero attached hydrogens (tertiary/aromatic N) is 1. The first-order chi connectivity index (χ1) is 9.56. The molecule has 2 aromatic rings. The average molecular weight is 272 g/mol. The van der Waals surface area contributed by atoms with Crippen molar-refractivity contribution in [2.75, 3.05) is 0 Å². The predicted octanol–water partition coefficient (Wildman–Crippen LogP) is 2.86. The molecule has 6 heteroatoms. The summed E-state index contributed by atoms with van der Waals surface area (Å²) < 4.78 is 4.68. The first-order valence-corrected chi connectivity index (χ1v) is 5.82. The molecule has 2 aromatic carbocycles. The molecule has 0 aromatic heterocycles. The van der Waals surface area contributed by atoms with Gasteiger partial charge in [0, 0.05) is 12.1 Å². The van der Waals surface area contributed by atoms with Gasteiger partial charge in [-0.1, -0.05) is 24.3 Å². The number of hydrogen-bond acceptors (Lipinski definition) is 4. The fourth-order valence-electron chi connectivity index (χ4n) is 1.72. The highest BCUT2D eigenvalue weighted by molar-refractivity contribution is 5.66. The van der Waals surface area contributed by atoms with Crippen LogP contribution in [0.15, 0.2) is 48.5 Å². The number of benzene rings is 2. The Hall–Kier alpha value is -2.89. The van der Waals surface area contributed by atoms with Gasteiger partial charge in [-0.2, -0.15) is 0 Å². The summed E-state index contributed by atoms with van der Waals surface area (Å²) in [5, 5.41) is 10.6. The molecule has 0 radical (unpaired) electrons. The third-order valence-corrected chi connectivity index (χ3v) is 2.75. The SMILES string of the molecule is NC(=O)OCc1ccc(-c2ccc([N+](=O)[O-])cc2)cc1. The lowest BCUT2D eigenvalue weighted by Crippen LogP contribution is -2.12. The molecule has 0 atom stereocenters. The maximum absolute atomic E-state index is 10.6. The van der Waals surface area contributed by atoms with Crippen LogP contribution in [-0.2, 0) is 11.3 Å². The molecular formula is C14H12N2O4. The Kier molecular flexibility index (Phi) is 3.95. The summed E-state index contributed by atoms with van der Waals surface area (Å²) in [5.41, 5.74) is 7.55. The van der Waals surface area contributed by atoms with E-state index < -0.39 is 11.0 Å². The Morgan fingerprint density at radius 2 is 1.55 bits per heavy atom. The van der Waals surface area contributed by atoms with E-state index in [9.17, 15) is 14.9 Å². The van der Waals surface area contributed by atoms with Crippen LogP contribution in [0.5, 0.6) is 0 Å². The molecule has 0 spiro atoms. The zero-order chi connectivity index (χ0) is 14.5. The molecule has 0 bridgehead atoms. The minimum atomic E-state index is -0.815. The number of carbonyl (C=O) groups excluding carboxylic acids is 1. The minimum absolute atomic E-state index is 0.0558. The van der Waals surface area contributed by atoms with E-state index in [1.54, 1.807) is 24.3 Å². The van der Waals surface area contributed by atoms with Gasteiger partial charge < -0.3 is 10.5 Å². The minimum Gasteiger partial charge on any atom is -0.445 e. The third kappa shape index (κ3) is 3.32. The van der Waals surface area contributed by atoms with E-state index in [2.05, 4.69) is 4.74 Å². The van der Waals surface area contributed by atoms with Gasteiger partial charge in [0.05, 0.1) is 4.92 Å². The van der Waals surface area contributed by atoms with Crippen molar-refractivity contribution >= 4 is 11.8 Å². The molecule has 0 aliphatic heterocycles. The number of ether oxygens (including phenoxy) is 1. The van der Waals surface area contributed by atoms with Crippen molar-refractivity contribution in [3.8, 4) is 11.1 Å². The van der Waals surface area contributed by atoms with Crippen molar-refractivity contribution in [1.82, 2.24) is 0 Å². The highest BCUT2D eigenvalue weighted by atomic mass is 16.6. The number of hydrogen-bond donors (Lipinski definition) is 1. The second-order valence-electron chi connectivity index (χ2n) is 4.11. The molecule has 1 amide bonds. The molecule has 2 N–H and O–H groups in total. The predicted molar refractivity (Wildman–Crippen MR) is 72.9 cm³/mol. The smallest absolute Gasteiger partial charge is 0.404 e. The Balaban J connectivity index is 2.13. The summed E-state index contributed by atoms with van der Waals surface area (Å²) in [7, 11) is 0. The normalized spacial score (nSPS) is 10.0. The van der Waals surface area contributed by atoms with Crippen molar-refractivity contribution in [2.45, 2.75) is 6.61 Å². The molecule has 20 heavy (non-hydrogen) atoms. The first-order valence-electron chi connectivity index (χ1n) is 5.82. The summed E-state index contributed by atoms with van der Waals surface area (Å²) in [6.07, 6.45) is -0.815. The quantitative estimate of drug-likeness (QED) is 0.683. The number of primary amides is 1. The maximum Gasteiger partial charge on any atom is 0.404 e. The van der Waals surface area contributed by atoms with Gasteiger partial charge in [0.25, 0.3) is 5.69 Å². The van der Waals surface area contributed by atoms with Gasteiger partial charge in [-0.05, 0) is 28.8 Å². The van der Waals surface area contributed by atoms with Crippen molar-refractivity contribution in [3.05, 3.63) is 64.2 Å². The lowest BCUT2D eigenvalue weighted by atomic mass is 10.0. The molecule has 0 heterocycles. The Morgan fingerprint density at radius 1 is 1.05 bits per heavy atom. The molecule has 0 saturated carbocycles. The standard InChI is InChI=1S/C14H12N2O4/c15-14(17)20-9-10-1-3-11(4-2-10)12-5-7-13(8-6-12)16(18)19/h1-8H,9H2,(H2,15,17). The van der Waals surface area contributed by atoms with Crippen LogP contribution in [0.2, 0.25) is 0 Å². The monoisotopic (exact) mass is 272 g/mol. The highest BCUT2D eigenvalue weighted by Gasteiger charge is 2.05. The van der Waals surface area contributed by atoms with Crippen molar-refractivity contribution in [2.24, 2.45) is 5.73 Å². The Morgan fingerprint density at radius 3 is 2.00 bits per heavy atom. The number of nitro benzene ring substituents is 1. The van der Waals surface area contributed by atoms with Gasteiger partial charge in [-0.15, -0.1) is 0 Å². The molecule has 102 valence electrons. The topological polar surface area (TPSA) is 95.5 Å². The zero-order valence-corrected chi connectivity index (χ0v) is 10.5. The largest absolute Gasteiger partial charge is 0.445 e. The fourth-order valence-corrected chi connectivity index (χ4v) is 1.72. The summed E-state index contributed by atoms with van der Waals surface area (Å²) in [6.45, 7) is 0.121. The van der Waals surface area contributed by atoms with Crippen molar-refractivity contribution in [3.63, 3.8) is 0 Å². The Labute approximate surface area is 114 Å². The van der Waals surface area contributed by atoms with E-state index in [0.717, 1.165) is 16.7 Å². The number of amides is 1. The van der Waals surface area contributed by atoms with Crippen LogP contribution in [-0.4, -0.2) is 11.0 Å². The van der Waals surface area contributed by atoms with Crippen LogP contribution in [0.1, 0.15) is 5.56 Å². The molecule has 0 saturated heterocycles. The highest BCUT2D eigenvalue weighted by Crippen LogP contribution is 2.22. The first kappa shape index (κ1) is 13.5. The van der Waals surface area contributed by atoms with Gasteiger partial charge in [-0.3, -0.25) is 10.1 Å². The maximum atomic E-state index is 10.6. The molecule has 0 aliphatic rings. The average Bonchev–Trinajstić information content (AvgIpc) is 2.46. The summed E-state index contributed by atoms with van der Waals surface area (Å²) in [6, 6.07) is 13.6. The Bertz CT molecular complexity index is 621. The molecule has 0 unspecified atom stereocenters. The molecular weight excluding hydrogens is 260 g/mol. The number of nitrogens with two attached hydrogens (primary N) is 1. The van der Waals surface area contributed by atoms with Crippen LogP contribution in [0, 0.1) is 10.1 Å². The number of nitro groups is 1. The van der Waals surface area contributed by atoms with Crippen LogP contribution in [0.25, 0.3) is 11.1 Å². The van der Waals surface area contributed by atoms with E-state index in [4.69, 9.17) is 5.73 Å². The van der Waals surface area contributed by atoms with Gasteiger partial charge in [-0.25, -0.2) is 4.79 Å². The van der Waals surface area contributed by atoms with Gasteiger partial charge in [0.1, 0.15) is 6.61 Å². The molecule has 0 aliphatic carbocycles. The van der Waals surface area contributed by atoms with E-state index in [-0.39, 0.29) is 12.3 Å². The van der Waals surface area contributed by atoms with Gasteiger partial charge in [0.15, 0.2) is 0 Å². The van der Waals surface area contributed by atoms with E-state index in [1.807, 2.05) is 12.1 Å². The summed E-state index contributed by atoms with van der Waals surface area (Å²) in [5.74, 6) is 0.